The van der Waals surface area contributed by atoms with Crippen molar-refractivity contribution in [2.75, 3.05) is 57.2 Å². The molecule has 0 aromatic heterocycles. The first-order valence-corrected chi connectivity index (χ1v) is 11.3. The van der Waals surface area contributed by atoms with E-state index in [0.717, 1.165) is 38.3 Å². The second kappa shape index (κ2) is 11.6. The Morgan fingerprint density at radius 1 is 1.06 bits per heavy atom. The third-order valence-corrected chi connectivity index (χ3v) is 5.51. The second-order valence-corrected chi connectivity index (χ2v) is 8.21. The number of carbonyl (C=O) groups excluding carboxylic acids is 2. The Morgan fingerprint density at radius 3 is 2.52 bits per heavy atom. The van der Waals surface area contributed by atoms with Gasteiger partial charge in [0.15, 0.2) is 5.11 Å². The van der Waals surface area contributed by atoms with Crippen molar-refractivity contribution in [3.05, 3.63) is 53.6 Å². The van der Waals surface area contributed by atoms with Gasteiger partial charge in [-0.15, -0.1) is 0 Å². The Kier molecular flexibility index (Phi) is 8.62. The van der Waals surface area contributed by atoms with Crippen LogP contribution in [0.4, 0.5) is 11.4 Å². The zero-order valence-corrected chi connectivity index (χ0v) is 20.0. The minimum absolute atomic E-state index is 0.136. The fourth-order valence-corrected chi connectivity index (χ4v) is 3.68. The summed E-state index contributed by atoms with van der Waals surface area (Å²) in [6.07, 6.45) is 0.880. The van der Waals surface area contributed by atoms with E-state index in [4.69, 9.17) is 21.7 Å². The Bertz CT molecular complexity index is 1010. The topological polar surface area (TPSA) is 83.1 Å². The third kappa shape index (κ3) is 6.66. The van der Waals surface area contributed by atoms with E-state index in [2.05, 4.69) is 27.5 Å². The largest absolute Gasteiger partial charge is 0.494 e. The highest BCUT2D eigenvalue weighted by molar-refractivity contribution is 7.80. The number of nitrogens with zero attached hydrogens (tertiary/aromatic N) is 2. The van der Waals surface area contributed by atoms with Gasteiger partial charge < -0.3 is 24.6 Å². The van der Waals surface area contributed by atoms with E-state index < -0.39 is 5.97 Å². The zero-order valence-electron chi connectivity index (χ0n) is 19.2. The minimum atomic E-state index is -0.443. The second-order valence-electron chi connectivity index (χ2n) is 7.80. The first kappa shape index (κ1) is 24.5. The number of amides is 1. The van der Waals surface area contributed by atoms with Gasteiger partial charge in [-0.05, 0) is 62.1 Å². The van der Waals surface area contributed by atoms with Crippen LogP contribution in [-0.2, 0) is 4.74 Å². The first-order chi connectivity index (χ1) is 15.9. The molecular weight excluding hydrogens is 440 g/mol. The Hall–Kier alpha value is -3.17. The highest BCUT2D eigenvalue weighted by atomic mass is 32.1. The van der Waals surface area contributed by atoms with Gasteiger partial charge in [-0.3, -0.25) is 10.1 Å². The molecule has 0 atom stereocenters. The maximum absolute atomic E-state index is 12.7. The quantitative estimate of drug-likeness (QED) is 0.472. The molecule has 0 aliphatic carbocycles. The lowest BCUT2D eigenvalue weighted by molar-refractivity contribution is 0.0600. The van der Waals surface area contributed by atoms with Crippen molar-refractivity contribution in [1.29, 1.82) is 0 Å². The molecule has 0 bridgehead atoms. The molecule has 1 saturated heterocycles. The zero-order chi connectivity index (χ0) is 23.8. The number of piperazine rings is 1. The molecule has 0 saturated carbocycles. The van der Waals surface area contributed by atoms with Crippen LogP contribution in [0.5, 0.6) is 5.75 Å². The molecule has 0 radical (unpaired) electrons. The SMILES string of the molecule is CCCOc1cccc(C(=O)NC(=S)Nc2cc(C(=O)OC)ccc2N2CCN(C)CC2)c1. The number of anilines is 2. The van der Waals surface area contributed by atoms with Crippen molar-refractivity contribution in [3.63, 3.8) is 0 Å². The number of benzene rings is 2. The van der Waals surface area contributed by atoms with E-state index in [0.29, 0.717) is 29.2 Å². The van der Waals surface area contributed by atoms with Gasteiger partial charge in [0.05, 0.1) is 30.7 Å². The number of thiocarbonyl (C=S) groups is 1. The van der Waals surface area contributed by atoms with Gasteiger partial charge in [0.25, 0.3) is 5.91 Å². The van der Waals surface area contributed by atoms with Crippen molar-refractivity contribution in [1.82, 2.24) is 10.2 Å². The molecule has 1 aliphatic heterocycles. The lowest BCUT2D eigenvalue weighted by Crippen LogP contribution is -2.45. The van der Waals surface area contributed by atoms with Crippen LogP contribution in [0, 0.1) is 0 Å². The molecule has 8 nitrogen and oxygen atoms in total. The first-order valence-electron chi connectivity index (χ1n) is 10.9. The van der Waals surface area contributed by atoms with Crippen LogP contribution in [0.3, 0.4) is 0 Å². The van der Waals surface area contributed by atoms with Crippen molar-refractivity contribution >= 4 is 40.6 Å². The number of hydrogen-bond acceptors (Lipinski definition) is 7. The minimum Gasteiger partial charge on any atom is -0.494 e. The Morgan fingerprint density at radius 2 is 1.82 bits per heavy atom. The number of carbonyl (C=O) groups is 2. The number of esters is 1. The van der Waals surface area contributed by atoms with Gasteiger partial charge in [-0.2, -0.15) is 0 Å². The molecular formula is C24H30N4O4S. The van der Waals surface area contributed by atoms with Gasteiger partial charge in [0.2, 0.25) is 0 Å². The highest BCUT2D eigenvalue weighted by Crippen LogP contribution is 2.28. The summed E-state index contributed by atoms with van der Waals surface area (Å²) in [7, 11) is 3.43. The van der Waals surface area contributed by atoms with Crippen LogP contribution < -0.4 is 20.3 Å². The maximum atomic E-state index is 12.7. The molecule has 33 heavy (non-hydrogen) atoms. The summed E-state index contributed by atoms with van der Waals surface area (Å²) in [4.78, 5) is 29.3. The maximum Gasteiger partial charge on any atom is 0.337 e. The molecule has 2 aromatic carbocycles. The van der Waals surface area contributed by atoms with Crippen LogP contribution in [0.2, 0.25) is 0 Å². The Labute approximate surface area is 199 Å². The van der Waals surface area contributed by atoms with Gasteiger partial charge >= 0.3 is 5.97 Å². The summed E-state index contributed by atoms with van der Waals surface area (Å²) >= 11 is 5.41. The van der Waals surface area contributed by atoms with Crippen LogP contribution in [0.25, 0.3) is 0 Å². The Balaban J connectivity index is 1.75. The summed E-state index contributed by atoms with van der Waals surface area (Å²) < 4.78 is 10.5. The van der Waals surface area contributed by atoms with Crippen molar-refractivity contribution in [3.8, 4) is 5.75 Å². The van der Waals surface area contributed by atoms with E-state index in [1.54, 1.807) is 30.3 Å². The molecule has 1 heterocycles. The monoisotopic (exact) mass is 470 g/mol. The van der Waals surface area contributed by atoms with E-state index in [1.807, 2.05) is 19.1 Å². The average Bonchev–Trinajstić information content (AvgIpc) is 2.83. The summed E-state index contributed by atoms with van der Waals surface area (Å²) in [6.45, 7) is 6.13. The number of hydrogen-bond donors (Lipinski definition) is 2. The van der Waals surface area contributed by atoms with E-state index in [1.165, 1.54) is 7.11 Å². The summed E-state index contributed by atoms with van der Waals surface area (Å²) in [5.41, 5.74) is 2.37. The van der Waals surface area contributed by atoms with Crippen molar-refractivity contribution in [2.45, 2.75) is 13.3 Å². The van der Waals surface area contributed by atoms with Crippen LogP contribution in [0.15, 0.2) is 42.5 Å². The number of ether oxygens (including phenoxy) is 2. The molecule has 0 spiro atoms. The molecule has 1 amide bonds. The van der Waals surface area contributed by atoms with Crippen LogP contribution in [0.1, 0.15) is 34.1 Å². The van der Waals surface area contributed by atoms with Crippen molar-refractivity contribution < 1.29 is 19.1 Å². The smallest absolute Gasteiger partial charge is 0.337 e. The van der Waals surface area contributed by atoms with Crippen LogP contribution >= 0.6 is 12.2 Å². The van der Waals surface area contributed by atoms with Gasteiger partial charge in [0, 0.05) is 31.7 Å². The molecule has 1 aliphatic rings. The molecule has 2 aromatic rings. The number of methoxy groups -OCH3 is 1. The molecule has 0 unspecified atom stereocenters. The summed E-state index contributed by atoms with van der Waals surface area (Å²) in [5, 5.41) is 5.94. The lowest BCUT2D eigenvalue weighted by Gasteiger charge is -2.35. The third-order valence-electron chi connectivity index (χ3n) is 5.31. The van der Waals surface area contributed by atoms with E-state index in [-0.39, 0.29) is 11.0 Å². The van der Waals surface area contributed by atoms with Gasteiger partial charge in [-0.1, -0.05) is 13.0 Å². The normalized spacial score (nSPS) is 13.8. The average molecular weight is 471 g/mol. The summed E-state index contributed by atoms with van der Waals surface area (Å²) in [6, 6.07) is 12.3. The van der Waals surface area contributed by atoms with Crippen molar-refractivity contribution in [2.24, 2.45) is 0 Å². The van der Waals surface area contributed by atoms with E-state index in [9.17, 15) is 9.59 Å². The predicted octanol–water partition coefficient (Wildman–Crippen LogP) is 3.14. The highest BCUT2D eigenvalue weighted by Gasteiger charge is 2.20. The fraction of sp³-hybridized carbons (Fsp3) is 0.375. The van der Waals surface area contributed by atoms with Crippen LogP contribution in [-0.4, -0.2) is 68.8 Å². The standard InChI is InChI=1S/C24H30N4O4S/c1-4-14-32-19-7-5-6-17(15-19)22(29)26-24(33)25-20-16-18(23(30)31-3)8-9-21(20)28-12-10-27(2)11-13-28/h5-9,15-16H,4,10-14H2,1-3H3,(H2,25,26,29,33). The fourth-order valence-electron chi connectivity index (χ4n) is 3.48. The number of rotatable bonds is 7. The number of likely N-dealkylation sites (N-methyl/N-ethyl adjacent to an activating group) is 1. The molecule has 1 fully saturated rings. The molecule has 176 valence electrons. The molecule has 3 rings (SSSR count). The predicted molar refractivity (Wildman–Crippen MR) is 133 cm³/mol. The van der Waals surface area contributed by atoms with Gasteiger partial charge in [-0.25, -0.2) is 4.79 Å². The lowest BCUT2D eigenvalue weighted by atomic mass is 10.1. The van der Waals surface area contributed by atoms with E-state index >= 15 is 0 Å². The van der Waals surface area contributed by atoms with Gasteiger partial charge in [0.1, 0.15) is 5.75 Å². The molecule has 2 N–H and O–H groups in total. The molecule has 9 heteroatoms. The number of nitrogens with one attached hydrogen (secondary N) is 2. The summed E-state index contributed by atoms with van der Waals surface area (Å²) in [5.74, 6) is -0.159.